The number of fused-ring (bicyclic) bond motifs is 3. The van der Waals surface area contributed by atoms with Crippen LogP contribution < -0.4 is 0 Å². The predicted octanol–water partition coefficient (Wildman–Crippen LogP) is 2.59. The van der Waals surface area contributed by atoms with Crippen LogP contribution >= 0.6 is 11.3 Å². The molecule has 4 heteroatoms. The third-order valence-corrected chi connectivity index (χ3v) is 3.56. The Labute approximate surface area is 95.8 Å². The topological polar surface area (TPSA) is 42.9 Å². The van der Waals surface area contributed by atoms with Gasteiger partial charge in [0, 0.05) is 5.39 Å². The molecule has 0 fully saturated rings. The van der Waals surface area contributed by atoms with Gasteiger partial charge in [-0.2, -0.15) is 0 Å². The molecule has 3 aromatic rings. The molecular formula is C12H8N2OS. The minimum absolute atomic E-state index is 0.383. The summed E-state index contributed by atoms with van der Waals surface area (Å²) in [5.41, 5.74) is 1.84. The lowest BCUT2D eigenvalue weighted by atomic mass is 10.2. The molecule has 0 aliphatic heterocycles. The number of thiazole rings is 1. The molecule has 0 atom stereocenters. The first-order chi connectivity index (χ1) is 7.88. The van der Waals surface area contributed by atoms with Crippen LogP contribution in [0.3, 0.4) is 0 Å². The molecule has 16 heavy (non-hydrogen) atoms. The van der Waals surface area contributed by atoms with Crippen LogP contribution in [0.5, 0.6) is 0 Å². The van der Waals surface area contributed by atoms with E-state index in [1.54, 1.807) is 17.5 Å². The molecule has 0 aliphatic carbocycles. The van der Waals surface area contributed by atoms with Gasteiger partial charge in [-0.25, -0.2) is 4.98 Å². The quantitative estimate of drug-likeness (QED) is 0.633. The molecule has 0 bridgehead atoms. The number of carbonyl (C=O) groups is 1. The van der Waals surface area contributed by atoms with Crippen molar-refractivity contribution >= 4 is 38.7 Å². The van der Waals surface area contributed by atoms with Crippen LogP contribution in [0.15, 0.2) is 30.5 Å². The number of para-hydroxylation sites is 1. The van der Waals surface area contributed by atoms with Crippen molar-refractivity contribution in [2.75, 3.05) is 0 Å². The Bertz CT molecular complexity index is 675. The molecule has 3 nitrogen and oxygen atoms in total. The monoisotopic (exact) mass is 228 g/mol. The molecule has 0 spiro atoms. The van der Waals surface area contributed by atoms with E-state index in [0.29, 0.717) is 6.42 Å². The normalized spacial score (nSPS) is 11.0. The largest absolute Gasteiger partial charge is 0.303 e. The molecule has 3 rings (SSSR count). The first-order valence-electron chi connectivity index (χ1n) is 4.95. The fourth-order valence-corrected chi connectivity index (χ4v) is 2.74. The summed E-state index contributed by atoms with van der Waals surface area (Å²) < 4.78 is 1.11. The van der Waals surface area contributed by atoms with E-state index >= 15 is 0 Å². The van der Waals surface area contributed by atoms with Crippen LogP contribution in [0.2, 0.25) is 0 Å². The number of aldehydes is 1. The zero-order valence-corrected chi connectivity index (χ0v) is 9.20. The summed E-state index contributed by atoms with van der Waals surface area (Å²) in [4.78, 5) is 19.2. The minimum atomic E-state index is 0.383. The van der Waals surface area contributed by atoms with Gasteiger partial charge in [-0.1, -0.05) is 18.2 Å². The highest BCUT2D eigenvalue weighted by Crippen LogP contribution is 2.28. The molecule has 2 aromatic heterocycles. The maximum absolute atomic E-state index is 10.5. The molecule has 1 aromatic carbocycles. The van der Waals surface area contributed by atoms with Crippen LogP contribution in [0.1, 0.15) is 5.01 Å². The fourth-order valence-electron chi connectivity index (χ4n) is 1.73. The maximum atomic E-state index is 10.5. The molecule has 0 unspecified atom stereocenters. The molecule has 0 saturated carbocycles. The van der Waals surface area contributed by atoms with E-state index in [9.17, 15) is 4.79 Å². The number of carbonyl (C=O) groups excluding carboxylic acids is 1. The van der Waals surface area contributed by atoms with Crippen molar-refractivity contribution < 1.29 is 4.79 Å². The van der Waals surface area contributed by atoms with E-state index in [2.05, 4.69) is 9.97 Å². The van der Waals surface area contributed by atoms with Gasteiger partial charge in [-0.3, -0.25) is 4.98 Å². The van der Waals surface area contributed by atoms with E-state index in [4.69, 9.17) is 0 Å². The van der Waals surface area contributed by atoms with Gasteiger partial charge < -0.3 is 4.79 Å². The van der Waals surface area contributed by atoms with Gasteiger partial charge >= 0.3 is 0 Å². The Kier molecular flexibility index (Phi) is 2.15. The highest BCUT2D eigenvalue weighted by molar-refractivity contribution is 7.19. The maximum Gasteiger partial charge on any atom is 0.126 e. The highest BCUT2D eigenvalue weighted by Gasteiger charge is 2.07. The van der Waals surface area contributed by atoms with E-state index in [1.807, 2.05) is 24.3 Å². The van der Waals surface area contributed by atoms with Crippen molar-refractivity contribution in [1.82, 2.24) is 9.97 Å². The van der Waals surface area contributed by atoms with Gasteiger partial charge in [0.15, 0.2) is 0 Å². The van der Waals surface area contributed by atoms with Crippen LogP contribution in [0.4, 0.5) is 0 Å². The number of hydrogen-bond donors (Lipinski definition) is 0. The zero-order valence-electron chi connectivity index (χ0n) is 8.38. The van der Waals surface area contributed by atoms with Gasteiger partial charge in [0.1, 0.15) is 16.8 Å². The van der Waals surface area contributed by atoms with Gasteiger partial charge in [-0.15, -0.1) is 11.3 Å². The first-order valence-corrected chi connectivity index (χ1v) is 5.77. The average molecular weight is 228 g/mol. The van der Waals surface area contributed by atoms with E-state index in [-0.39, 0.29) is 0 Å². The lowest BCUT2D eigenvalue weighted by Gasteiger charge is -1.95. The standard InChI is InChI=1S/C12H8N2OS/c15-6-5-11-14-10-7-13-9-4-2-1-3-8(9)12(10)16-11/h1-4,6-7H,5H2. The second kappa shape index (κ2) is 3.64. The molecule has 78 valence electrons. The summed E-state index contributed by atoms with van der Waals surface area (Å²) in [5.74, 6) is 0. The summed E-state index contributed by atoms with van der Waals surface area (Å²) in [5, 5.41) is 1.96. The van der Waals surface area contributed by atoms with Crippen molar-refractivity contribution in [1.29, 1.82) is 0 Å². The number of benzene rings is 1. The summed E-state index contributed by atoms with van der Waals surface area (Å²) in [7, 11) is 0. The number of hydrogen-bond acceptors (Lipinski definition) is 4. The summed E-state index contributed by atoms with van der Waals surface area (Å²) in [6.07, 6.45) is 3.03. The SMILES string of the molecule is O=CCc1nc2cnc3ccccc3c2s1. The van der Waals surface area contributed by atoms with E-state index in [1.165, 1.54) is 0 Å². The van der Waals surface area contributed by atoms with Crippen LogP contribution in [0.25, 0.3) is 21.1 Å². The minimum Gasteiger partial charge on any atom is -0.303 e. The van der Waals surface area contributed by atoms with Crippen LogP contribution in [-0.2, 0) is 11.2 Å². The van der Waals surface area contributed by atoms with Gasteiger partial charge in [0.2, 0.25) is 0 Å². The average Bonchev–Trinajstić information content (AvgIpc) is 2.72. The summed E-state index contributed by atoms with van der Waals surface area (Å²) >= 11 is 1.57. The molecular weight excluding hydrogens is 220 g/mol. The smallest absolute Gasteiger partial charge is 0.126 e. The van der Waals surface area contributed by atoms with Crippen molar-refractivity contribution in [3.8, 4) is 0 Å². The first kappa shape index (κ1) is 9.42. The number of pyridine rings is 1. The molecule has 0 saturated heterocycles. The molecule has 0 aliphatic rings. The lowest BCUT2D eigenvalue weighted by Crippen LogP contribution is -1.82. The Hall–Kier alpha value is -1.81. The molecule has 0 N–H and O–H groups in total. The van der Waals surface area contributed by atoms with E-state index in [0.717, 1.165) is 32.4 Å². The van der Waals surface area contributed by atoms with Gasteiger partial charge in [0.05, 0.1) is 22.8 Å². The van der Waals surface area contributed by atoms with Gasteiger partial charge in [0.25, 0.3) is 0 Å². The predicted molar refractivity (Wildman–Crippen MR) is 64.7 cm³/mol. The number of rotatable bonds is 2. The third kappa shape index (κ3) is 1.39. The summed E-state index contributed by atoms with van der Waals surface area (Å²) in [6.45, 7) is 0. The van der Waals surface area contributed by atoms with E-state index < -0.39 is 0 Å². The highest BCUT2D eigenvalue weighted by atomic mass is 32.1. The van der Waals surface area contributed by atoms with Crippen molar-refractivity contribution in [3.63, 3.8) is 0 Å². The number of aromatic nitrogens is 2. The van der Waals surface area contributed by atoms with Crippen molar-refractivity contribution in [2.24, 2.45) is 0 Å². The van der Waals surface area contributed by atoms with Gasteiger partial charge in [-0.05, 0) is 6.07 Å². The van der Waals surface area contributed by atoms with Crippen molar-refractivity contribution in [3.05, 3.63) is 35.5 Å². The third-order valence-electron chi connectivity index (χ3n) is 2.43. The number of nitrogens with zero attached hydrogens (tertiary/aromatic N) is 2. The van der Waals surface area contributed by atoms with Crippen LogP contribution in [0, 0.1) is 0 Å². The Morgan fingerprint density at radius 3 is 3.00 bits per heavy atom. The van der Waals surface area contributed by atoms with Crippen molar-refractivity contribution in [2.45, 2.75) is 6.42 Å². The summed E-state index contributed by atoms with van der Waals surface area (Å²) in [6, 6.07) is 7.97. The Morgan fingerprint density at radius 2 is 2.12 bits per heavy atom. The molecule has 2 heterocycles. The Balaban J connectivity index is 2.36. The lowest BCUT2D eigenvalue weighted by molar-refractivity contribution is -0.107. The second-order valence-electron chi connectivity index (χ2n) is 3.47. The molecule has 0 radical (unpaired) electrons. The zero-order chi connectivity index (χ0) is 11.0. The van der Waals surface area contributed by atoms with Crippen LogP contribution in [-0.4, -0.2) is 16.3 Å². The fraction of sp³-hybridized carbons (Fsp3) is 0.0833. The molecule has 0 amide bonds. The second-order valence-corrected chi connectivity index (χ2v) is 4.55. The Morgan fingerprint density at radius 1 is 1.25 bits per heavy atom.